The molecule has 0 spiro atoms. The molecule has 50 heavy (non-hydrogen) atoms. The Kier molecular flexibility index (Phi) is 11.4. The van der Waals surface area contributed by atoms with E-state index in [1.807, 2.05) is 19.9 Å². The Morgan fingerprint density at radius 1 is 1.16 bits per heavy atom. The van der Waals surface area contributed by atoms with Gasteiger partial charge >= 0.3 is 12.2 Å². The number of hydrogen-bond donors (Lipinski definition) is 2. The van der Waals surface area contributed by atoms with E-state index in [4.69, 9.17) is 15.7 Å². The highest BCUT2D eigenvalue weighted by Crippen LogP contribution is 2.42. The van der Waals surface area contributed by atoms with Crippen LogP contribution in [0.5, 0.6) is 6.01 Å². The van der Waals surface area contributed by atoms with Crippen LogP contribution in [0.1, 0.15) is 61.1 Å². The fourth-order valence-electron chi connectivity index (χ4n) is 6.72. The number of nitrogens with zero attached hydrogens (tertiary/aromatic N) is 5. The Labute approximate surface area is 288 Å². The quantitative estimate of drug-likeness (QED) is 0.179. The Hall–Kier alpha value is -4.20. The predicted octanol–water partition coefficient (Wildman–Crippen LogP) is 7.92. The molecule has 0 bridgehead atoms. The van der Waals surface area contributed by atoms with Gasteiger partial charge in [-0.05, 0) is 63.1 Å². The molecule has 3 aliphatic heterocycles. The number of nitrogens with one attached hydrogen (secondary N) is 1. The third-order valence-electron chi connectivity index (χ3n) is 8.97. The van der Waals surface area contributed by atoms with E-state index in [-0.39, 0.29) is 64.4 Å². The number of ether oxygens (including phenoxy) is 1. The summed E-state index contributed by atoms with van der Waals surface area (Å²) in [7, 11) is 0. The topological polar surface area (TPSA) is 103 Å². The van der Waals surface area contributed by atoms with Crippen LogP contribution in [0.15, 0.2) is 36.4 Å². The van der Waals surface area contributed by atoms with E-state index >= 15 is 4.39 Å². The lowest BCUT2D eigenvalue weighted by Crippen LogP contribution is -2.50. The maximum Gasteiger partial charge on any atom is 0.417 e. The van der Waals surface area contributed by atoms with Crippen molar-refractivity contribution in [2.24, 2.45) is 0 Å². The van der Waals surface area contributed by atoms with E-state index in [0.717, 1.165) is 68.3 Å². The zero-order valence-electron chi connectivity index (χ0n) is 27.4. The number of alkyl halides is 3. The van der Waals surface area contributed by atoms with Gasteiger partial charge in [0.25, 0.3) is 6.08 Å². The fourth-order valence-corrected chi connectivity index (χ4v) is 7.52. The van der Waals surface area contributed by atoms with Gasteiger partial charge in [0.2, 0.25) is 0 Å². The summed E-state index contributed by atoms with van der Waals surface area (Å²) in [6, 6.07) is 2.63. The molecule has 3 aromatic rings. The lowest BCUT2D eigenvalue weighted by molar-refractivity contribution is -0.137. The molecule has 0 saturated carbocycles. The van der Waals surface area contributed by atoms with Crippen LogP contribution >= 0.6 is 11.3 Å². The molecule has 1 unspecified atom stereocenters. The summed E-state index contributed by atoms with van der Waals surface area (Å²) in [6.45, 7) is 6.30. The molecule has 0 amide bonds. The van der Waals surface area contributed by atoms with Crippen molar-refractivity contribution < 1.29 is 35.5 Å². The third-order valence-corrected chi connectivity index (χ3v) is 9.94. The van der Waals surface area contributed by atoms with E-state index in [2.05, 4.69) is 20.2 Å². The predicted molar refractivity (Wildman–Crippen MR) is 180 cm³/mol. The number of piperazine rings is 1. The molecule has 0 radical (unpaired) electrons. The van der Waals surface area contributed by atoms with Gasteiger partial charge in [0.05, 0.1) is 21.5 Å². The number of thiophene rings is 1. The maximum absolute atomic E-state index is 16.3. The number of benzene rings is 1. The molecule has 3 fully saturated rings. The zero-order valence-corrected chi connectivity index (χ0v) is 28.2. The van der Waals surface area contributed by atoms with Crippen LogP contribution in [0.4, 0.5) is 41.6 Å². The van der Waals surface area contributed by atoms with E-state index in [0.29, 0.717) is 12.1 Å². The Balaban J connectivity index is 0.00000239. The van der Waals surface area contributed by atoms with E-state index in [1.54, 1.807) is 0 Å². The van der Waals surface area contributed by atoms with Gasteiger partial charge in [0.1, 0.15) is 34.8 Å². The molecule has 3 N–H and O–H groups in total. The summed E-state index contributed by atoms with van der Waals surface area (Å²) in [5, 5.41) is 11.8. The Bertz CT molecular complexity index is 1840. The molecule has 1 aromatic carbocycles. The highest BCUT2D eigenvalue weighted by atomic mass is 32.1. The van der Waals surface area contributed by atoms with Crippen LogP contribution in [0, 0.1) is 17.1 Å². The zero-order chi connectivity index (χ0) is 36.2. The van der Waals surface area contributed by atoms with Gasteiger partial charge in [0, 0.05) is 36.6 Å². The summed E-state index contributed by atoms with van der Waals surface area (Å²) in [5.41, 5.74) is 2.76. The Morgan fingerprint density at radius 2 is 1.88 bits per heavy atom. The molecule has 2 aromatic heterocycles. The van der Waals surface area contributed by atoms with Crippen molar-refractivity contribution in [1.82, 2.24) is 20.2 Å². The van der Waals surface area contributed by atoms with Gasteiger partial charge in [-0.15, -0.1) is 11.3 Å². The molecular formula is C34H36F7N7OS. The van der Waals surface area contributed by atoms with Crippen molar-refractivity contribution in [2.75, 3.05) is 50.0 Å². The van der Waals surface area contributed by atoms with Gasteiger partial charge in [-0.25, -0.2) is 8.78 Å². The first-order valence-corrected chi connectivity index (χ1v) is 17.0. The van der Waals surface area contributed by atoms with Crippen molar-refractivity contribution >= 4 is 45.0 Å². The lowest BCUT2D eigenvalue weighted by atomic mass is 9.95. The van der Waals surface area contributed by atoms with Gasteiger partial charge in [-0.1, -0.05) is 26.0 Å². The molecule has 16 heteroatoms. The fraction of sp³-hybridized carbons (Fsp3) is 0.441. The first-order valence-electron chi connectivity index (χ1n) is 16.2. The number of fused-ring (bicyclic) bond motifs is 2. The second-order valence-corrected chi connectivity index (χ2v) is 13.0. The summed E-state index contributed by atoms with van der Waals surface area (Å²) >= 11 is 0.780. The minimum absolute atomic E-state index is 0.0257. The van der Waals surface area contributed by atoms with Crippen molar-refractivity contribution in [3.8, 4) is 12.1 Å². The van der Waals surface area contributed by atoms with Gasteiger partial charge in [-0.3, -0.25) is 4.90 Å². The van der Waals surface area contributed by atoms with E-state index in [1.165, 1.54) is 11.0 Å². The molecule has 0 aliphatic carbocycles. The van der Waals surface area contributed by atoms with Crippen molar-refractivity contribution in [1.29, 1.82) is 5.26 Å². The summed E-state index contributed by atoms with van der Waals surface area (Å²) in [5.74, 6) is -2.32. The van der Waals surface area contributed by atoms with E-state index in [9.17, 15) is 26.3 Å². The van der Waals surface area contributed by atoms with Crippen molar-refractivity contribution in [2.45, 2.75) is 57.3 Å². The van der Waals surface area contributed by atoms with Crippen LogP contribution < -0.4 is 20.7 Å². The number of allylic oxidation sites excluding steroid dienone is 2. The summed E-state index contributed by atoms with van der Waals surface area (Å²) < 4.78 is 107. The monoisotopic (exact) mass is 723 g/mol. The molecule has 6 rings (SSSR count). The first kappa shape index (κ1) is 37.1. The highest BCUT2D eigenvalue weighted by molar-refractivity contribution is 7.17. The lowest BCUT2D eigenvalue weighted by Gasteiger charge is -2.34. The maximum atomic E-state index is 16.3. The number of nitrogen functional groups attached to an aromatic ring is 1. The van der Waals surface area contributed by atoms with Crippen LogP contribution in [-0.2, 0) is 6.18 Å². The van der Waals surface area contributed by atoms with Crippen molar-refractivity contribution in [3.05, 3.63) is 63.8 Å². The normalized spacial score (nSPS) is 19.3. The number of aromatic nitrogens is 2. The number of rotatable bonds is 8. The number of hydrogen-bond acceptors (Lipinski definition) is 9. The number of nitrogens with two attached hydrogens (primary N) is 1. The van der Waals surface area contributed by atoms with Crippen LogP contribution in [0.3, 0.4) is 0 Å². The molecule has 1 atom stereocenters. The average Bonchev–Trinajstić information content (AvgIpc) is 3.78. The van der Waals surface area contributed by atoms with Crippen LogP contribution in [0.2, 0.25) is 0 Å². The molecule has 8 nitrogen and oxygen atoms in total. The van der Waals surface area contributed by atoms with Gasteiger partial charge in [0.15, 0.2) is 5.82 Å². The summed E-state index contributed by atoms with van der Waals surface area (Å²) in [4.78, 5) is 12.5. The smallest absolute Gasteiger partial charge is 0.417 e. The number of anilines is 2. The van der Waals surface area contributed by atoms with Crippen LogP contribution in [0.25, 0.3) is 22.8 Å². The minimum Gasteiger partial charge on any atom is -0.461 e. The minimum atomic E-state index is -5.05. The van der Waals surface area contributed by atoms with Crippen molar-refractivity contribution in [3.63, 3.8) is 0 Å². The van der Waals surface area contributed by atoms with E-state index < -0.39 is 46.6 Å². The summed E-state index contributed by atoms with van der Waals surface area (Å²) in [6.07, 6.45) is -0.0187. The molecule has 3 aliphatic rings. The van der Waals surface area contributed by atoms with Gasteiger partial charge < -0.3 is 20.7 Å². The number of halogens is 7. The standard InChI is InChI=1S/C32H30F7N7OS.C2H6/c33-23(24-12-18(15-40)28(41)48-24)5-1-4-20-22(32(37,38)39)14-21-27(26(20)36)43-30(47-17-31-6-2-9-46(31)10-3-7-31)44-29(21)45-11-8-42-19(16-45)13-25(34)35;1-2/h1,4-5,12-14,19,42H,2-3,6-11,16-17,41H2;1-2H3/b4-1+,23-5+;. The largest absolute Gasteiger partial charge is 0.461 e. The SMILES string of the molecule is CC.N#Cc1cc(/C(F)=C\C=C\c2c(C(F)(F)F)cc3c(N4CCNC(C=C(F)F)C4)nc(OCC45CCCN4CCC5)nc3c2F)sc1N. The molecule has 3 saturated heterocycles. The molecule has 268 valence electrons. The van der Waals surface area contributed by atoms with Gasteiger partial charge in [-0.2, -0.15) is 37.2 Å². The second kappa shape index (κ2) is 15.4. The Morgan fingerprint density at radius 3 is 2.52 bits per heavy atom. The second-order valence-electron chi connectivity index (χ2n) is 11.9. The third kappa shape index (κ3) is 7.74. The molecule has 5 heterocycles. The first-order chi connectivity index (χ1) is 23.9. The highest BCUT2D eigenvalue weighted by Gasteiger charge is 2.45. The van der Waals surface area contributed by atoms with Crippen LogP contribution in [-0.4, -0.2) is 65.8 Å². The number of nitriles is 1. The molecular weight excluding hydrogens is 687 g/mol. The average molecular weight is 724 g/mol.